The summed E-state index contributed by atoms with van der Waals surface area (Å²) in [7, 11) is 1.86. The maximum atomic E-state index is 13.3. The van der Waals surface area contributed by atoms with Crippen molar-refractivity contribution in [1.29, 1.82) is 0 Å². The molecule has 0 amide bonds. The van der Waals surface area contributed by atoms with Crippen LogP contribution in [0, 0.1) is 12.7 Å². The van der Waals surface area contributed by atoms with Crippen molar-refractivity contribution in [1.82, 2.24) is 5.32 Å². The predicted molar refractivity (Wildman–Crippen MR) is 74.6 cm³/mol. The van der Waals surface area contributed by atoms with Gasteiger partial charge in [-0.1, -0.05) is 0 Å². The molecule has 0 aliphatic rings. The summed E-state index contributed by atoms with van der Waals surface area (Å²) >= 11 is 3.10. The van der Waals surface area contributed by atoms with E-state index >= 15 is 0 Å². The Morgan fingerprint density at radius 2 is 2.16 bits per heavy atom. The van der Waals surface area contributed by atoms with Crippen LogP contribution in [0.5, 0.6) is 5.75 Å². The number of furan rings is 1. The average Bonchev–Trinajstić information content (AvgIpc) is 2.72. The first-order valence-electron chi connectivity index (χ1n) is 5.91. The highest BCUT2D eigenvalue weighted by Gasteiger charge is 2.08. The third-order valence-electron chi connectivity index (χ3n) is 2.68. The number of halogens is 2. The number of benzene rings is 1. The SMILES string of the molecule is CNCc1oc(COc2ccc(Br)c(F)c2)cc1C. The second-order valence-electron chi connectivity index (χ2n) is 4.21. The van der Waals surface area contributed by atoms with Crippen LogP contribution in [0.2, 0.25) is 0 Å². The van der Waals surface area contributed by atoms with E-state index in [1.54, 1.807) is 12.1 Å². The molecule has 0 aliphatic heterocycles. The van der Waals surface area contributed by atoms with Crippen LogP contribution in [-0.4, -0.2) is 7.05 Å². The molecule has 0 spiro atoms. The van der Waals surface area contributed by atoms with E-state index in [1.165, 1.54) is 6.07 Å². The Morgan fingerprint density at radius 3 is 2.84 bits per heavy atom. The fourth-order valence-electron chi connectivity index (χ4n) is 1.72. The topological polar surface area (TPSA) is 34.4 Å². The summed E-state index contributed by atoms with van der Waals surface area (Å²) in [6.07, 6.45) is 0. The van der Waals surface area contributed by atoms with Gasteiger partial charge in [-0.3, -0.25) is 0 Å². The number of rotatable bonds is 5. The zero-order valence-electron chi connectivity index (χ0n) is 10.8. The Hall–Kier alpha value is -1.33. The van der Waals surface area contributed by atoms with E-state index in [-0.39, 0.29) is 12.4 Å². The molecule has 2 rings (SSSR count). The molecule has 0 aliphatic carbocycles. The molecule has 102 valence electrons. The first-order chi connectivity index (χ1) is 9.10. The normalized spacial score (nSPS) is 10.7. The van der Waals surface area contributed by atoms with Gasteiger partial charge in [0.15, 0.2) is 0 Å². The lowest BCUT2D eigenvalue weighted by Crippen LogP contribution is -2.04. The van der Waals surface area contributed by atoms with Gasteiger partial charge in [-0.2, -0.15) is 0 Å². The lowest BCUT2D eigenvalue weighted by atomic mass is 10.2. The van der Waals surface area contributed by atoms with Crippen molar-refractivity contribution in [3.05, 3.63) is 51.6 Å². The number of hydrogen-bond donors (Lipinski definition) is 1. The van der Waals surface area contributed by atoms with Gasteiger partial charge in [-0.25, -0.2) is 4.39 Å². The molecule has 0 fully saturated rings. The summed E-state index contributed by atoms with van der Waals surface area (Å²) in [6.45, 7) is 2.95. The van der Waals surface area contributed by atoms with Crippen molar-refractivity contribution in [2.75, 3.05) is 7.05 Å². The molecule has 0 saturated heterocycles. The fourth-order valence-corrected chi connectivity index (χ4v) is 1.97. The second-order valence-corrected chi connectivity index (χ2v) is 5.07. The molecule has 3 nitrogen and oxygen atoms in total. The Balaban J connectivity index is 2.01. The van der Waals surface area contributed by atoms with E-state index in [9.17, 15) is 4.39 Å². The van der Waals surface area contributed by atoms with Crippen LogP contribution < -0.4 is 10.1 Å². The summed E-state index contributed by atoms with van der Waals surface area (Å²) in [6, 6.07) is 6.60. The van der Waals surface area contributed by atoms with Gasteiger partial charge in [0.05, 0.1) is 11.0 Å². The largest absolute Gasteiger partial charge is 0.486 e. The molecule has 19 heavy (non-hydrogen) atoms. The summed E-state index contributed by atoms with van der Waals surface area (Å²) in [4.78, 5) is 0. The minimum absolute atomic E-state index is 0.283. The molecule has 0 saturated carbocycles. The molecule has 1 N–H and O–H groups in total. The maximum absolute atomic E-state index is 13.3. The van der Waals surface area contributed by atoms with Crippen LogP contribution in [0.25, 0.3) is 0 Å². The van der Waals surface area contributed by atoms with Gasteiger partial charge in [0, 0.05) is 6.07 Å². The summed E-state index contributed by atoms with van der Waals surface area (Å²) in [5.41, 5.74) is 1.08. The molecule has 5 heteroatoms. The monoisotopic (exact) mass is 327 g/mol. The molecule has 1 heterocycles. The second kappa shape index (κ2) is 6.21. The highest BCUT2D eigenvalue weighted by molar-refractivity contribution is 9.10. The van der Waals surface area contributed by atoms with E-state index in [2.05, 4.69) is 21.2 Å². The molecular formula is C14H15BrFNO2. The van der Waals surface area contributed by atoms with Gasteiger partial charge in [0.2, 0.25) is 0 Å². The van der Waals surface area contributed by atoms with Crippen LogP contribution in [0.4, 0.5) is 4.39 Å². The molecule has 0 bridgehead atoms. The van der Waals surface area contributed by atoms with Gasteiger partial charge in [0.25, 0.3) is 0 Å². The van der Waals surface area contributed by atoms with E-state index in [1.807, 2.05) is 20.0 Å². The average molecular weight is 328 g/mol. The third-order valence-corrected chi connectivity index (χ3v) is 3.32. The van der Waals surface area contributed by atoms with Crippen LogP contribution in [-0.2, 0) is 13.2 Å². The van der Waals surface area contributed by atoms with Crippen LogP contribution >= 0.6 is 15.9 Å². The Morgan fingerprint density at radius 1 is 1.37 bits per heavy atom. The van der Waals surface area contributed by atoms with Crippen LogP contribution in [0.15, 0.2) is 33.2 Å². The summed E-state index contributed by atoms with van der Waals surface area (Å²) in [5.74, 6) is 1.75. The number of nitrogens with one attached hydrogen (secondary N) is 1. The first kappa shape index (κ1) is 14.1. The Kier molecular flexibility index (Phi) is 4.61. The molecule has 0 atom stereocenters. The molecular weight excluding hydrogens is 313 g/mol. The minimum Gasteiger partial charge on any atom is -0.486 e. The highest BCUT2D eigenvalue weighted by Crippen LogP contribution is 2.22. The van der Waals surface area contributed by atoms with Crippen LogP contribution in [0.1, 0.15) is 17.1 Å². The minimum atomic E-state index is -0.344. The van der Waals surface area contributed by atoms with Crippen molar-refractivity contribution in [3.63, 3.8) is 0 Å². The fraction of sp³-hybridized carbons (Fsp3) is 0.286. The maximum Gasteiger partial charge on any atom is 0.146 e. The van der Waals surface area contributed by atoms with Crippen molar-refractivity contribution in [2.24, 2.45) is 0 Å². The molecule has 0 radical (unpaired) electrons. The van der Waals surface area contributed by atoms with E-state index in [0.29, 0.717) is 16.8 Å². The predicted octanol–water partition coefficient (Wildman–Crippen LogP) is 3.79. The Bertz CT molecular complexity index is 569. The number of hydrogen-bond acceptors (Lipinski definition) is 3. The third kappa shape index (κ3) is 3.58. The summed E-state index contributed by atoms with van der Waals surface area (Å²) < 4.78 is 24.9. The summed E-state index contributed by atoms with van der Waals surface area (Å²) in [5, 5.41) is 3.04. The zero-order valence-corrected chi connectivity index (χ0v) is 12.4. The lowest BCUT2D eigenvalue weighted by Gasteiger charge is -2.04. The number of aryl methyl sites for hydroxylation is 1. The quantitative estimate of drug-likeness (QED) is 0.907. The molecule has 2 aromatic rings. The van der Waals surface area contributed by atoms with Gasteiger partial charge in [-0.15, -0.1) is 0 Å². The van der Waals surface area contributed by atoms with Crippen molar-refractivity contribution >= 4 is 15.9 Å². The lowest BCUT2D eigenvalue weighted by molar-refractivity contribution is 0.264. The number of ether oxygens (including phenoxy) is 1. The molecule has 1 aromatic carbocycles. The standard InChI is InChI=1S/C14H15BrFNO2/c1-9-5-11(19-14(9)7-17-2)8-18-10-3-4-12(15)13(16)6-10/h3-6,17H,7-8H2,1-2H3. The van der Waals surface area contributed by atoms with Crippen molar-refractivity contribution in [3.8, 4) is 5.75 Å². The highest BCUT2D eigenvalue weighted by atomic mass is 79.9. The Labute approximate surface area is 119 Å². The van der Waals surface area contributed by atoms with Gasteiger partial charge >= 0.3 is 0 Å². The smallest absolute Gasteiger partial charge is 0.146 e. The van der Waals surface area contributed by atoms with Crippen molar-refractivity contribution in [2.45, 2.75) is 20.1 Å². The zero-order chi connectivity index (χ0) is 13.8. The van der Waals surface area contributed by atoms with Crippen molar-refractivity contribution < 1.29 is 13.5 Å². The van der Waals surface area contributed by atoms with Gasteiger partial charge < -0.3 is 14.5 Å². The van der Waals surface area contributed by atoms with Gasteiger partial charge in [0.1, 0.15) is 29.7 Å². The van der Waals surface area contributed by atoms with Crippen LogP contribution in [0.3, 0.4) is 0 Å². The van der Waals surface area contributed by atoms with E-state index in [4.69, 9.17) is 9.15 Å². The first-order valence-corrected chi connectivity index (χ1v) is 6.70. The molecule has 1 aromatic heterocycles. The molecule has 0 unspecified atom stereocenters. The van der Waals surface area contributed by atoms with E-state index in [0.717, 1.165) is 17.1 Å². The van der Waals surface area contributed by atoms with E-state index < -0.39 is 0 Å². The van der Waals surface area contributed by atoms with Gasteiger partial charge in [-0.05, 0) is 53.7 Å².